The lowest BCUT2D eigenvalue weighted by atomic mass is 9.95. The molecule has 2 aromatic rings. The summed E-state index contributed by atoms with van der Waals surface area (Å²) in [6.45, 7) is 0. The van der Waals surface area contributed by atoms with Gasteiger partial charge in [0.1, 0.15) is 17.6 Å². The zero-order valence-corrected chi connectivity index (χ0v) is 10.9. The largest absolute Gasteiger partial charge is 0.478 e. The molecule has 1 aromatic heterocycles. The summed E-state index contributed by atoms with van der Waals surface area (Å²) in [7, 11) is 0. The third-order valence-electron chi connectivity index (χ3n) is 3.33. The smallest absolute Gasteiger partial charge is 0.335 e. The van der Waals surface area contributed by atoms with Crippen LogP contribution in [0.5, 0.6) is 0 Å². The molecule has 1 N–H and O–H groups in total. The van der Waals surface area contributed by atoms with E-state index in [0.717, 1.165) is 0 Å². The van der Waals surface area contributed by atoms with Crippen LogP contribution in [-0.2, 0) is 0 Å². The number of carbonyl (C=O) groups is 1. The normalized spacial score (nSPS) is 20.6. The number of rotatable bonds is 3. The summed E-state index contributed by atoms with van der Waals surface area (Å²) >= 11 is 0. The Morgan fingerprint density at radius 2 is 2.05 bits per heavy atom. The minimum absolute atomic E-state index is 0.168. The van der Waals surface area contributed by atoms with E-state index in [0.29, 0.717) is 17.0 Å². The molecule has 5 heteroatoms. The SMILES string of the molecule is O=C(O)c1cccc(-c2cc(C3C=CC=CC3F)on2)c1. The second-order valence-electron chi connectivity index (χ2n) is 4.74. The molecule has 0 aliphatic heterocycles. The molecule has 0 bridgehead atoms. The monoisotopic (exact) mass is 285 g/mol. The van der Waals surface area contributed by atoms with Crippen molar-refractivity contribution in [1.82, 2.24) is 5.16 Å². The van der Waals surface area contributed by atoms with Gasteiger partial charge in [-0.05, 0) is 18.2 Å². The highest BCUT2D eigenvalue weighted by Gasteiger charge is 2.24. The average molecular weight is 285 g/mol. The Kier molecular flexibility index (Phi) is 3.39. The molecule has 1 aliphatic carbocycles. The zero-order valence-electron chi connectivity index (χ0n) is 10.9. The number of carboxylic acid groups (broad SMARTS) is 1. The van der Waals surface area contributed by atoms with Crippen LogP contribution in [0.15, 0.2) is 59.2 Å². The molecule has 0 saturated carbocycles. The summed E-state index contributed by atoms with van der Waals surface area (Å²) < 4.78 is 19.0. The summed E-state index contributed by atoms with van der Waals surface area (Å²) in [5, 5.41) is 12.9. The Morgan fingerprint density at radius 1 is 1.24 bits per heavy atom. The van der Waals surface area contributed by atoms with E-state index in [4.69, 9.17) is 9.63 Å². The van der Waals surface area contributed by atoms with Gasteiger partial charge in [0.15, 0.2) is 0 Å². The molecule has 0 saturated heterocycles. The highest BCUT2D eigenvalue weighted by atomic mass is 19.1. The minimum Gasteiger partial charge on any atom is -0.478 e. The number of hydrogen-bond donors (Lipinski definition) is 1. The average Bonchev–Trinajstić information content (AvgIpc) is 2.97. The van der Waals surface area contributed by atoms with E-state index in [1.165, 1.54) is 18.2 Å². The van der Waals surface area contributed by atoms with Crippen LogP contribution in [0.2, 0.25) is 0 Å². The van der Waals surface area contributed by atoms with E-state index >= 15 is 0 Å². The van der Waals surface area contributed by atoms with Gasteiger partial charge < -0.3 is 9.63 Å². The van der Waals surface area contributed by atoms with Crippen molar-refractivity contribution in [3.8, 4) is 11.3 Å². The lowest BCUT2D eigenvalue weighted by Crippen LogP contribution is -2.10. The van der Waals surface area contributed by atoms with Gasteiger partial charge in [-0.15, -0.1) is 0 Å². The first kappa shape index (κ1) is 13.3. The number of hydrogen-bond acceptors (Lipinski definition) is 3. The van der Waals surface area contributed by atoms with Gasteiger partial charge in [-0.3, -0.25) is 0 Å². The molecular formula is C16H12FNO3. The number of benzene rings is 1. The van der Waals surface area contributed by atoms with Gasteiger partial charge in [0, 0.05) is 11.6 Å². The van der Waals surface area contributed by atoms with Crippen LogP contribution in [-0.4, -0.2) is 22.4 Å². The second kappa shape index (κ2) is 5.36. The predicted octanol–water partition coefficient (Wildman–Crippen LogP) is 3.59. The van der Waals surface area contributed by atoms with Gasteiger partial charge in [0.05, 0.1) is 11.5 Å². The maximum absolute atomic E-state index is 13.8. The first-order chi connectivity index (χ1) is 10.1. The molecule has 106 valence electrons. The first-order valence-electron chi connectivity index (χ1n) is 6.44. The number of aromatic carboxylic acids is 1. The molecule has 2 atom stereocenters. The van der Waals surface area contributed by atoms with Gasteiger partial charge in [0.25, 0.3) is 0 Å². The van der Waals surface area contributed by atoms with Crippen LogP contribution >= 0.6 is 0 Å². The van der Waals surface area contributed by atoms with Crippen molar-refractivity contribution in [2.24, 2.45) is 0 Å². The molecule has 0 amide bonds. The van der Waals surface area contributed by atoms with Gasteiger partial charge in [-0.2, -0.15) is 0 Å². The van der Waals surface area contributed by atoms with Crippen LogP contribution in [0.1, 0.15) is 22.0 Å². The van der Waals surface area contributed by atoms with E-state index < -0.39 is 18.1 Å². The fourth-order valence-corrected chi connectivity index (χ4v) is 2.23. The fourth-order valence-electron chi connectivity index (χ4n) is 2.23. The predicted molar refractivity (Wildman–Crippen MR) is 74.8 cm³/mol. The fraction of sp³-hybridized carbons (Fsp3) is 0.125. The van der Waals surface area contributed by atoms with Gasteiger partial charge in [-0.25, -0.2) is 9.18 Å². The van der Waals surface area contributed by atoms with E-state index in [1.807, 2.05) is 0 Å². The molecule has 4 nitrogen and oxygen atoms in total. The first-order valence-corrected chi connectivity index (χ1v) is 6.44. The Morgan fingerprint density at radius 3 is 2.81 bits per heavy atom. The summed E-state index contributed by atoms with van der Waals surface area (Å²) in [6.07, 6.45) is 5.42. The highest BCUT2D eigenvalue weighted by molar-refractivity contribution is 5.89. The standard InChI is InChI=1S/C16H12FNO3/c17-13-7-2-1-6-12(13)15-9-14(18-21-15)10-4-3-5-11(8-10)16(19)20/h1-9,12-13H,(H,19,20). The van der Waals surface area contributed by atoms with Gasteiger partial charge in [-0.1, -0.05) is 35.5 Å². The van der Waals surface area contributed by atoms with Crippen molar-refractivity contribution in [2.45, 2.75) is 12.1 Å². The summed E-state index contributed by atoms with van der Waals surface area (Å²) in [5.41, 5.74) is 1.28. The van der Waals surface area contributed by atoms with Crippen molar-refractivity contribution in [3.05, 3.63) is 66.0 Å². The molecule has 0 spiro atoms. The highest BCUT2D eigenvalue weighted by Crippen LogP contribution is 2.30. The molecule has 3 rings (SSSR count). The summed E-state index contributed by atoms with van der Waals surface area (Å²) in [6, 6.07) is 8.01. The van der Waals surface area contributed by atoms with Crippen molar-refractivity contribution in [3.63, 3.8) is 0 Å². The van der Waals surface area contributed by atoms with Crippen molar-refractivity contribution in [1.29, 1.82) is 0 Å². The molecule has 1 heterocycles. The number of allylic oxidation sites excluding steroid dienone is 4. The minimum atomic E-state index is -1.15. The third-order valence-corrected chi connectivity index (χ3v) is 3.33. The molecular weight excluding hydrogens is 273 g/mol. The molecule has 0 radical (unpaired) electrons. The number of nitrogens with zero attached hydrogens (tertiary/aromatic N) is 1. The number of alkyl halides is 1. The maximum Gasteiger partial charge on any atom is 0.335 e. The number of halogens is 1. The van der Waals surface area contributed by atoms with E-state index in [-0.39, 0.29) is 5.56 Å². The number of aromatic nitrogens is 1. The van der Waals surface area contributed by atoms with Crippen LogP contribution in [0.3, 0.4) is 0 Å². The summed E-state index contributed by atoms with van der Waals surface area (Å²) in [4.78, 5) is 11.0. The lowest BCUT2D eigenvalue weighted by Gasteiger charge is -2.13. The van der Waals surface area contributed by atoms with Crippen molar-refractivity contribution >= 4 is 5.97 Å². The van der Waals surface area contributed by atoms with E-state index in [2.05, 4.69) is 5.16 Å². The Bertz CT molecular complexity index is 733. The zero-order chi connectivity index (χ0) is 14.8. The van der Waals surface area contributed by atoms with Crippen molar-refractivity contribution in [2.75, 3.05) is 0 Å². The Labute approximate surface area is 120 Å². The van der Waals surface area contributed by atoms with Crippen LogP contribution in [0.4, 0.5) is 4.39 Å². The number of carboxylic acids is 1. The van der Waals surface area contributed by atoms with Crippen LogP contribution in [0, 0.1) is 0 Å². The topological polar surface area (TPSA) is 63.3 Å². The van der Waals surface area contributed by atoms with Gasteiger partial charge >= 0.3 is 5.97 Å². The van der Waals surface area contributed by atoms with Crippen LogP contribution < -0.4 is 0 Å². The quantitative estimate of drug-likeness (QED) is 0.936. The van der Waals surface area contributed by atoms with Crippen LogP contribution in [0.25, 0.3) is 11.3 Å². The molecule has 2 unspecified atom stereocenters. The molecule has 1 aliphatic rings. The second-order valence-corrected chi connectivity index (χ2v) is 4.74. The Balaban J connectivity index is 1.91. The van der Waals surface area contributed by atoms with E-state index in [1.54, 1.807) is 36.4 Å². The third kappa shape index (κ3) is 2.63. The molecule has 1 aromatic carbocycles. The summed E-state index contributed by atoms with van der Waals surface area (Å²) in [5.74, 6) is -1.09. The van der Waals surface area contributed by atoms with Gasteiger partial charge in [0.2, 0.25) is 0 Å². The van der Waals surface area contributed by atoms with Crippen molar-refractivity contribution < 1.29 is 18.8 Å². The molecule has 0 fully saturated rings. The Hall–Kier alpha value is -2.69. The molecule has 21 heavy (non-hydrogen) atoms. The lowest BCUT2D eigenvalue weighted by molar-refractivity contribution is 0.0697. The maximum atomic E-state index is 13.8. The van der Waals surface area contributed by atoms with E-state index in [9.17, 15) is 9.18 Å².